The number of aromatic nitrogens is 1. The second kappa shape index (κ2) is 10.1. The molecule has 2 aromatic carbocycles. The van der Waals surface area contributed by atoms with Crippen LogP contribution >= 0.6 is 24.0 Å². The average Bonchev–Trinajstić information content (AvgIpc) is 2.68. The fraction of sp³-hybridized carbons (Fsp3) is 0.100. The molecule has 5 nitrogen and oxygen atoms in total. The smallest absolute Gasteiger partial charge is 0.406 e. The number of aliphatic imine (C=N–C) groups is 1. The van der Waals surface area contributed by atoms with Gasteiger partial charge in [0.05, 0.1) is 12.2 Å². The summed E-state index contributed by atoms with van der Waals surface area (Å²) in [5, 5.41) is 2.83. The van der Waals surface area contributed by atoms with Crippen molar-refractivity contribution in [2.75, 3.05) is 5.32 Å². The van der Waals surface area contributed by atoms with E-state index in [9.17, 15) is 13.2 Å². The molecule has 3 aromatic rings. The lowest BCUT2D eigenvalue weighted by Gasteiger charge is -2.10. The quantitative estimate of drug-likeness (QED) is 0.279. The summed E-state index contributed by atoms with van der Waals surface area (Å²) >= 11 is 0. The minimum absolute atomic E-state index is 0. The van der Waals surface area contributed by atoms with Crippen molar-refractivity contribution in [3.8, 4) is 17.0 Å². The molecule has 1 heterocycles. The molecular weight excluding hydrogens is 496 g/mol. The Balaban J connectivity index is 0.00000300. The first-order chi connectivity index (χ1) is 13.4. The van der Waals surface area contributed by atoms with Crippen LogP contribution in [0.1, 0.15) is 5.56 Å². The van der Waals surface area contributed by atoms with Crippen LogP contribution in [0.4, 0.5) is 18.9 Å². The normalized spacial score (nSPS) is 11.5. The van der Waals surface area contributed by atoms with Gasteiger partial charge in [-0.25, -0.2) is 4.99 Å². The number of hydrogen-bond acceptors (Lipinski definition) is 3. The van der Waals surface area contributed by atoms with Crippen molar-refractivity contribution in [1.29, 1.82) is 0 Å². The minimum atomic E-state index is -4.72. The molecule has 0 amide bonds. The Bertz CT molecular complexity index is 948. The molecule has 3 N–H and O–H groups in total. The molecule has 152 valence electrons. The predicted molar refractivity (Wildman–Crippen MR) is 117 cm³/mol. The lowest BCUT2D eigenvalue weighted by molar-refractivity contribution is -0.274. The van der Waals surface area contributed by atoms with E-state index in [0.717, 1.165) is 16.8 Å². The van der Waals surface area contributed by atoms with Gasteiger partial charge in [0.25, 0.3) is 0 Å². The molecule has 0 fully saturated rings. The van der Waals surface area contributed by atoms with Gasteiger partial charge in [0.1, 0.15) is 5.75 Å². The van der Waals surface area contributed by atoms with Gasteiger partial charge in [0.2, 0.25) is 0 Å². The SMILES string of the molecule is I.NC(=NCc1cccc(-c2ccccn2)c1)Nc1ccc(OC(F)(F)F)cc1. The third-order valence-corrected chi connectivity index (χ3v) is 3.68. The number of nitrogens with zero attached hydrogens (tertiary/aromatic N) is 2. The lowest BCUT2D eigenvalue weighted by atomic mass is 10.1. The molecule has 0 radical (unpaired) electrons. The number of anilines is 1. The second-order valence-corrected chi connectivity index (χ2v) is 5.81. The van der Waals surface area contributed by atoms with E-state index in [1.54, 1.807) is 6.20 Å². The Kier molecular flexibility index (Phi) is 7.82. The van der Waals surface area contributed by atoms with E-state index >= 15 is 0 Å². The molecule has 0 aliphatic heterocycles. The average molecular weight is 514 g/mol. The van der Waals surface area contributed by atoms with E-state index in [-0.39, 0.29) is 35.7 Å². The Hall–Kier alpha value is -2.82. The van der Waals surface area contributed by atoms with Gasteiger partial charge in [-0.3, -0.25) is 4.98 Å². The maximum Gasteiger partial charge on any atom is 0.573 e. The third kappa shape index (κ3) is 7.26. The van der Waals surface area contributed by atoms with Gasteiger partial charge in [-0.2, -0.15) is 0 Å². The van der Waals surface area contributed by atoms with Crippen LogP contribution in [0.15, 0.2) is 77.9 Å². The van der Waals surface area contributed by atoms with E-state index in [4.69, 9.17) is 5.73 Å². The highest BCUT2D eigenvalue weighted by molar-refractivity contribution is 14.0. The van der Waals surface area contributed by atoms with Gasteiger partial charge in [0.15, 0.2) is 5.96 Å². The summed E-state index contributed by atoms with van der Waals surface area (Å²) in [6.07, 6.45) is -2.99. The molecular formula is C20H18F3IN4O. The zero-order valence-corrected chi connectivity index (χ0v) is 17.4. The number of nitrogens with one attached hydrogen (secondary N) is 1. The summed E-state index contributed by atoms with van der Waals surface area (Å²) in [7, 11) is 0. The Morgan fingerprint density at radius 2 is 1.79 bits per heavy atom. The minimum Gasteiger partial charge on any atom is -0.406 e. The number of pyridine rings is 1. The van der Waals surface area contributed by atoms with E-state index in [2.05, 4.69) is 20.0 Å². The van der Waals surface area contributed by atoms with Gasteiger partial charge in [-0.15, -0.1) is 37.1 Å². The molecule has 0 saturated heterocycles. The van der Waals surface area contributed by atoms with Crippen LogP contribution in [-0.4, -0.2) is 17.3 Å². The maximum atomic E-state index is 12.2. The largest absolute Gasteiger partial charge is 0.573 e. The van der Waals surface area contributed by atoms with Crippen LogP contribution in [0.5, 0.6) is 5.75 Å². The second-order valence-electron chi connectivity index (χ2n) is 5.81. The summed E-state index contributed by atoms with van der Waals surface area (Å²) < 4.78 is 40.3. The molecule has 0 aliphatic rings. The standard InChI is InChI=1S/C20H17F3N4O.HI/c21-20(22,23)28-17-9-7-16(8-10-17)27-19(24)26-13-14-4-3-5-15(12-14)18-6-1-2-11-25-18;/h1-12H,13H2,(H3,24,26,27);1H. The molecule has 0 unspecified atom stereocenters. The fourth-order valence-corrected chi connectivity index (χ4v) is 2.47. The molecule has 29 heavy (non-hydrogen) atoms. The fourth-order valence-electron chi connectivity index (χ4n) is 2.47. The summed E-state index contributed by atoms with van der Waals surface area (Å²) in [6, 6.07) is 18.7. The summed E-state index contributed by atoms with van der Waals surface area (Å²) in [6.45, 7) is 0.342. The molecule has 0 spiro atoms. The molecule has 1 aromatic heterocycles. The van der Waals surface area contributed by atoms with Crippen LogP contribution in [0, 0.1) is 0 Å². The Morgan fingerprint density at radius 1 is 1.03 bits per heavy atom. The first-order valence-corrected chi connectivity index (χ1v) is 8.32. The third-order valence-electron chi connectivity index (χ3n) is 3.68. The summed E-state index contributed by atoms with van der Waals surface area (Å²) in [5.74, 6) is -0.160. The number of alkyl halides is 3. The Labute approximate surface area is 182 Å². The molecule has 0 atom stereocenters. The predicted octanol–water partition coefficient (Wildman–Crippen LogP) is 5.19. The summed E-state index contributed by atoms with van der Waals surface area (Å²) in [5.41, 5.74) is 9.14. The molecule has 9 heteroatoms. The molecule has 0 aliphatic carbocycles. The topological polar surface area (TPSA) is 72.5 Å². The zero-order chi connectivity index (χ0) is 20.0. The van der Waals surface area contributed by atoms with E-state index in [0.29, 0.717) is 12.2 Å². The Morgan fingerprint density at radius 3 is 2.45 bits per heavy atom. The van der Waals surface area contributed by atoms with Gasteiger partial charge < -0.3 is 15.8 Å². The first-order valence-electron chi connectivity index (χ1n) is 8.32. The van der Waals surface area contributed by atoms with Crippen molar-refractivity contribution in [1.82, 2.24) is 4.98 Å². The highest BCUT2D eigenvalue weighted by atomic mass is 127. The van der Waals surface area contributed by atoms with Crippen LogP contribution in [0.25, 0.3) is 11.3 Å². The van der Waals surface area contributed by atoms with Gasteiger partial charge in [0, 0.05) is 17.4 Å². The van der Waals surface area contributed by atoms with Crippen molar-refractivity contribution in [2.45, 2.75) is 12.9 Å². The van der Waals surface area contributed by atoms with E-state index in [1.807, 2.05) is 42.5 Å². The highest BCUT2D eigenvalue weighted by Crippen LogP contribution is 2.24. The number of halogens is 4. The van der Waals surface area contributed by atoms with Crippen molar-refractivity contribution < 1.29 is 17.9 Å². The van der Waals surface area contributed by atoms with Crippen LogP contribution < -0.4 is 15.8 Å². The number of ether oxygens (including phenoxy) is 1. The van der Waals surface area contributed by atoms with Crippen LogP contribution in [0.3, 0.4) is 0 Å². The van der Waals surface area contributed by atoms with E-state index < -0.39 is 6.36 Å². The number of guanidine groups is 1. The maximum absolute atomic E-state index is 12.2. The molecule has 0 saturated carbocycles. The summed E-state index contributed by atoms with van der Waals surface area (Å²) in [4.78, 5) is 8.57. The van der Waals surface area contributed by atoms with Crippen molar-refractivity contribution in [3.63, 3.8) is 0 Å². The lowest BCUT2D eigenvalue weighted by Crippen LogP contribution is -2.22. The number of nitrogens with two attached hydrogens (primary N) is 1. The van der Waals surface area contributed by atoms with E-state index in [1.165, 1.54) is 24.3 Å². The number of benzene rings is 2. The number of rotatable bonds is 5. The molecule has 3 rings (SSSR count). The zero-order valence-electron chi connectivity index (χ0n) is 15.1. The van der Waals surface area contributed by atoms with Crippen LogP contribution in [-0.2, 0) is 6.54 Å². The molecule has 0 bridgehead atoms. The van der Waals surface area contributed by atoms with Crippen LogP contribution in [0.2, 0.25) is 0 Å². The van der Waals surface area contributed by atoms with Crippen molar-refractivity contribution in [2.24, 2.45) is 10.7 Å². The first kappa shape index (κ1) is 22.5. The van der Waals surface area contributed by atoms with Gasteiger partial charge in [-0.05, 0) is 48.0 Å². The van der Waals surface area contributed by atoms with Crippen molar-refractivity contribution in [3.05, 3.63) is 78.5 Å². The monoisotopic (exact) mass is 514 g/mol. The van der Waals surface area contributed by atoms with Gasteiger partial charge in [-0.1, -0.05) is 24.3 Å². The van der Waals surface area contributed by atoms with Crippen molar-refractivity contribution >= 4 is 35.6 Å². The highest BCUT2D eigenvalue weighted by Gasteiger charge is 2.30. The number of hydrogen-bond donors (Lipinski definition) is 2. The van der Waals surface area contributed by atoms with Gasteiger partial charge >= 0.3 is 6.36 Å².